The van der Waals surface area contributed by atoms with E-state index in [-0.39, 0.29) is 0 Å². The fourth-order valence-electron chi connectivity index (χ4n) is 1.78. The van der Waals surface area contributed by atoms with Crippen molar-refractivity contribution in [3.63, 3.8) is 0 Å². The van der Waals surface area contributed by atoms with Crippen molar-refractivity contribution in [2.45, 2.75) is 20.8 Å². The molecule has 0 spiro atoms. The van der Waals surface area contributed by atoms with Crippen molar-refractivity contribution in [2.24, 2.45) is 0 Å². The number of nitrogens with zero attached hydrogens (tertiary/aromatic N) is 3. The number of rotatable bonds is 2. The van der Waals surface area contributed by atoms with E-state index in [1.54, 1.807) is 6.92 Å². The van der Waals surface area contributed by atoms with E-state index >= 15 is 0 Å². The molecule has 0 radical (unpaired) electrons. The highest BCUT2D eigenvalue weighted by Crippen LogP contribution is 2.24. The van der Waals surface area contributed by atoms with Crippen LogP contribution in [0.4, 0.5) is 11.5 Å². The van der Waals surface area contributed by atoms with Crippen molar-refractivity contribution in [1.29, 1.82) is 5.26 Å². The summed E-state index contributed by atoms with van der Waals surface area (Å²) < 4.78 is 0. The standard InChI is InChI=1S/C14H14N4/c1-9-5-4-6-10(2)13(9)18-14-12(7-15)8-16-11(3)17-14/h4-6,8H,1-3H3,(H,16,17,18). The number of aryl methyl sites for hydroxylation is 3. The lowest BCUT2D eigenvalue weighted by Gasteiger charge is -2.12. The Kier molecular flexibility index (Phi) is 3.24. The molecule has 4 heteroatoms. The van der Waals surface area contributed by atoms with Gasteiger partial charge in [-0.15, -0.1) is 0 Å². The summed E-state index contributed by atoms with van der Waals surface area (Å²) in [7, 11) is 0. The summed E-state index contributed by atoms with van der Waals surface area (Å²) in [6.07, 6.45) is 1.54. The Hall–Kier alpha value is -2.41. The van der Waals surface area contributed by atoms with Gasteiger partial charge in [-0.3, -0.25) is 0 Å². The van der Waals surface area contributed by atoms with Crippen LogP contribution in [0, 0.1) is 32.1 Å². The van der Waals surface area contributed by atoms with Crippen molar-refractivity contribution >= 4 is 11.5 Å². The van der Waals surface area contributed by atoms with E-state index in [2.05, 4.69) is 21.4 Å². The second-order valence-electron chi connectivity index (χ2n) is 4.18. The topological polar surface area (TPSA) is 61.6 Å². The fourth-order valence-corrected chi connectivity index (χ4v) is 1.78. The molecule has 0 amide bonds. The number of aromatic nitrogens is 2. The zero-order valence-electron chi connectivity index (χ0n) is 10.7. The molecule has 0 aliphatic rings. The predicted molar refractivity (Wildman–Crippen MR) is 70.7 cm³/mol. The minimum absolute atomic E-state index is 0.447. The summed E-state index contributed by atoms with van der Waals surface area (Å²) in [5, 5.41) is 12.3. The lowest BCUT2D eigenvalue weighted by molar-refractivity contribution is 1.05. The van der Waals surface area contributed by atoms with Crippen LogP contribution in [0.25, 0.3) is 0 Å². The summed E-state index contributed by atoms with van der Waals surface area (Å²) in [5.74, 6) is 1.20. The van der Waals surface area contributed by atoms with Crippen LogP contribution >= 0.6 is 0 Å². The highest BCUT2D eigenvalue weighted by Gasteiger charge is 2.08. The number of hydrogen-bond donors (Lipinski definition) is 1. The van der Waals surface area contributed by atoms with E-state index in [0.717, 1.165) is 16.8 Å². The van der Waals surface area contributed by atoms with Gasteiger partial charge in [0.05, 0.1) is 6.20 Å². The number of nitrogens with one attached hydrogen (secondary N) is 1. The third-order valence-electron chi connectivity index (χ3n) is 2.75. The zero-order chi connectivity index (χ0) is 13.1. The predicted octanol–water partition coefficient (Wildman–Crippen LogP) is 3.02. The Morgan fingerprint density at radius 1 is 1.17 bits per heavy atom. The van der Waals surface area contributed by atoms with E-state index in [9.17, 15) is 0 Å². The third-order valence-corrected chi connectivity index (χ3v) is 2.75. The number of benzene rings is 1. The maximum atomic E-state index is 9.06. The van der Waals surface area contributed by atoms with Crippen molar-refractivity contribution in [3.8, 4) is 6.07 Å². The van der Waals surface area contributed by atoms with Gasteiger partial charge in [0.1, 0.15) is 17.5 Å². The molecule has 1 N–H and O–H groups in total. The number of nitriles is 1. The minimum atomic E-state index is 0.447. The number of hydrogen-bond acceptors (Lipinski definition) is 4. The molecular weight excluding hydrogens is 224 g/mol. The second-order valence-corrected chi connectivity index (χ2v) is 4.18. The minimum Gasteiger partial charge on any atom is -0.339 e. The SMILES string of the molecule is Cc1ncc(C#N)c(Nc2c(C)cccc2C)n1. The van der Waals surface area contributed by atoms with Gasteiger partial charge in [-0.1, -0.05) is 18.2 Å². The molecule has 0 bridgehead atoms. The van der Waals surface area contributed by atoms with E-state index in [0.29, 0.717) is 17.2 Å². The smallest absolute Gasteiger partial charge is 0.152 e. The van der Waals surface area contributed by atoms with Crippen LogP contribution in [0.2, 0.25) is 0 Å². The van der Waals surface area contributed by atoms with E-state index in [4.69, 9.17) is 5.26 Å². The maximum Gasteiger partial charge on any atom is 0.152 e. The molecule has 18 heavy (non-hydrogen) atoms. The van der Waals surface area contributed by atoms with Gasteiger partial charge in [0.25, 0.3) is 0 Å². The van der Waals surface area contributed by atoms with Crippen molar-refractivity contribution < 1.29 is 0 Å². The Labute approximate surface area is 106 Å². The first kappa shape index (κ1) is 12.1. The lowest BCUT2D eigenvalue weighted by atomic mass is 10.1. The maximum absolute atomic E-state index is 9.06. The Bertz CT molecular complexity index is 606. The summed E-state index contributed by atoms with van der Waals surface area (Å²) >= 11 is 0. The first-order valence-corrected chi connectivity index (χ1v) is 5.69. The molecule has 0 aliphatic heterocycles. The van der Waals surface area contributed by atoms with Gasteiger partial charge in [-0.25, -0.2) is 9.97 Å². The van der Waals surface area contributed by atoms with Crippen LogP contribution in [-0.2, 0) is 0 Å². The molecule has 4 nitrogen and oxygen atoms in total. The monoisotopic (exact) mass is 238 g/mol. The molecular formula is C14H14N4. The van der Waals surface area contributed by atoms with Crippen LogP contribution in [0.1, 0.15) is 22.5 Å². The average molecular weight is 238 g/mol. The third kappa shape index (κ3) is 2.30. The molecule has 0 fully saturated rings. The van der Waals surface area contributed by atoms with Gasteiger partial charge in [-0.05, 0) is 31.9 Å². The van der Waals surface area contributed by atoms with Crippen LogP contribution in [-0.4, -0.2) is 9.97 Å². The van der Waals surface area contributed by atoms with Gasteiger partial charge < -0.3 is 5.32 Å². The summed E-state index contributed by atoms with van der Waals surface area (Å²) in [6, 6.07) is 8.15. The molecule has 2 aromatic rings. The fraction of sp³-hybridized carbons (Fsp3) is 0.214. The zero-order valence-corrected chi connectivity index (χ0v) is 10.7. The Morgan fingerprint density at radius 2 is 1.83 bits per heavy atom. The van der Waals surface area contributed by atoms with Crippen LogP contribution < -0.4 is 5.32 Å². The van der Waals surface area contributed by atoms with Crippen molar-refractivity contribution in [3.05, 3.63) is 46.9 Å². The molecule has 0 unspecified atom stereocenters. The number of para-hydroxylation sites is 1. The first-order valence-electron chi connectivity index (χ1n) is 5.69. The molecule has 0 saturated heterocycles. The molecule has 0 atom stereocenters. The molecule has 1 heterocycles. The van der Waals surface area contributed by atoms with Crippen molar-refractivity contribution in [2.75, 3.05) is 5.32 Å². The molecule has 90 valence electrons. The van der Waals surface area contributed by atoms with Gasteiger partial charge in [-0.2, -0.15) is 5.26 Å². The van der Waals surface area contributed by atoms with Crippen LogP contribution in [0.3, 0.4) is 0 Å². The van der Waals surface area contributed by atoms with Crippen LogP contribution in [0.5, 0.6) is 0 Å². The van der Waals surface area contributed by atoms with E-state index in [1.807, 2.05) is 32.0 Å². The normalized spacial score (nSPS) is 9.89. The highest BCUT2D eigenvalue weighted by atomic mass is 15.0. The van der Waals surface area contributed by atoms with Gasteiger partial charge >= 0.3 is 0 Å². The second kappa shape index (κ2) is 4.84. The molecule has 0 saturated carbocycles. The highest BCUT2D eigenvalue weighted by molar-refractivity contribution is 5.67. The largest absolute Gasteiger partial charge is 0.339 e. The van der Waals surface area contributed by atoms with Gasteiger partial charge in [0.15, 0.2) is 5.82 Å². The van der Waals surface area contributed by atoms with Gasteiger partial charge in [0, 0.05) is 5.69 Å². The summed E-state index contributed by atoms with van der Waals surface area (Å²) in [4.78, 5) is 8.30. The average Bonchev–Trinajstić information content (AvgIpc) is 2.34. The molecule has 0 aliphatic carbocycles. The summed E-state index contributed by atoms with van der Waals surface area (Å²) in [6.45, 7) is 5.85. The van der Waals surface area contributed by atoms with Crippen molar-refractivity contribution in [1.82, 2.24) is 9.97 Å². The van der Waals surface area contributed by atoms with E-state index in [1.165, 1.54) is 6.20 Å². The Balaban J connectivity index is 2.46. The van der Waals surface area contributed by atoms with Crippen LogP contribution in [0.15, 0.2) is 24.4 Å². The first-order chi connectivity index (χ1) is 8.61. The number of anilines is 2. The molecule has 2 rings (SSSR count). The molecule has 1 aromatic carbocycles. The summed E-state index contributed by atoms with van der Waals surface area (Å²) in [5.41, 5.74) is 3.68. The lowest BCUT2D eigenvalue weighted by Crippen LogP contribution is -2.02. The molecule has 1 aromatic heterocycles. The van der Waals surface area contributed by atoms with Gasteiger partial charge in [0.2, 0.25) is 0 Å². The quantitative estimate of drug-likeness (QED) is 0.873. The Morgan fingerprint density at radius 3 is 2.44 bits per heavy atom. The van der Waals surface area contributed by atoms with E-state index < -0.39 is 0 Å².